The van der Waals surface area contributed by atoms with Crippen LogP contribution in [0.5, 0.6) is 0 Å². The average Bonchev–Trinajstić information content (AvgIpc) is 2.67. The van der Waals surface area contributed by atoms with Crippen molar-refractivity contribution in [2.24, 2.45) is 0 Å². The fraction of sp³-hybridized carbons (Fsp3) is 0.278. The standard InChI is InChI=1S/C18H19ClN4O2/c19-16-3-1-14(2-4-16)10-21-18(25)15-9-17(12-20-11-15)23-7-5-22(13-24)6-8-23/h1-4,9,11-13H,5-8,10H2,(H,21,25). The summed E-state index contributed by atoms with van der Waals surface area (Å²) in [5.74, 6) is -0.171. The topological polar surface area (TPSA) is 65.5 Å². The van der Waals surface area contributed by atoms with E-state index < -0.39 is 0 Å². The Hall–Kier alpha value is -2.60. The Balaban J connectivity index is 1.61. The molecule has 3 rings (SSSR count). The van der Waals surface area contributed by atoms with Crippen molar-refractivity contribution in [2.45, 2.75) is 6.54 Å². The number of benzene rings is 1. The first-order chi connectivity index (χ1) is 12.2. The molecular formula is C18H19ClN4O2. The quantitative estimate of drug-likeness (QED) is 0.830. The number of aromatic nitrogens is 1. The van der Waals surface area contributed by atoms with E-state index in [1.54, 1.807) is 29.4 Å². The zero-order chi connectivity index (χ0) is 17.6. The first kappa shape index (κ1) is 17.2. The van der Waals surface area contributed by atoms with Crippen LogP contribution < -0.4 is 10.2 Å². The van der Waals surface area contributed by atoms with Gasteiger partial charge < -0.3 is 15.1 Å². The molecule has 0 spiro atoms. The summed E-state index contributed by atoms with van der Waals surface area (Å²) in [6.45, 7) is 3.25. The molecule has 1 fully saturated rings. The number of anilines is 1. The second-order valence-corrected chi connectivity index (χ2v) is 6.31. The molecule has 0 bridgehead atoms. The lowest BCUT2D eigenvalue weighted by Crippen LogP contribution is -2.45. The summed E-state index contributed by atoms with van der Waals surface area (Å²) >= 11 is 5.86. The molecule has 25 heavy (non-hydrogen) atoms. The van der Waals surface area contributed by atoms with Gasteiger partial charge in [0.15, 0.2) is 0 Å². The Kier molecular flexibility index (Phi) is 5.50. The summed E-state index contributed by atoms with van der Waals surface area (Å²) in [4.78, 5) is 31.2. The van der Waals surface area contributed by atoms with E-state index in [0.717, 1.165) is 30.8 Å². The van der Waals surface area contributed by atoms with Crippen molar-refractivity contribution in [3.8, 4) is 0 Å². The molecule has 2 heterocycles. The van der Waals surface area contributed by atoms with Crippen LogP contribution in [-0.2, 0) is 11.3 Å². The third kappa shape index (κ3) is 4.48. The number of piperazine rings is 1. The monoisotopic (exact) mass is 358 g/mol. The number of nitrogens with one attached hydrogen (secondary N) is 1. The van der Waals surface area contributed by atoms with Gasteiger partial charge in [-0.05, 0) is 23.8 Å². The van der Waals surface area contributed by atoms with E-state index in [9.17, 15) is 9.59 Å². The van der Waals surface area contributed by atoms with Gasteiger partial charge in [-0.1, -0.05) is 23.7 Å². The second kappa shape index (κ2) is 7.98. The van der Waals surface area contributed by atoms with Crippen LogP contribution in [0.2, 0.25) is 5.02 Å². The normalized spacial score (nSPS) is 14.3. The van der Waals surface area contributed by atoms with Crippen molar-refractivity contribution in [1.82, 2.24) is 15.2 Å². The maximum absolute atomic E-state index is 12.4. The van der Waals surface area contributed by atoms with Gasteiger partial charge in [-0.2, -0.15) is 0 Å². The molecule has 0 atom stereocenters. The van der Waals surface area contributed by atoms with Gasteiger partial charge in [-0.3, -0.25) is 14.6 Å². The first-order valence-electron chi connectivity index (χ1n) is 8.08. The van der Waals surface area contributed by atoms with Crippen LogP contribution in [0.25, 0.3) is 0 Å². The van der Waals surface area contributed by atoms with Crippen LogP contribution in [0, 0.1) is 0 Å². The van der Waals surface area contributed by atoms with E-state index in [2.05, 4.69) is 15.2 Å². The minimum absolute atomic E-state index is 0.171. The highest BCUT2D eigenvalue weighted by atomic mass is 35.5. The largest absolute Gasteiger partial charge is 0.367 e. The summed E-state index contributed by atoms with van der Waals surface area (Å²) in [6, 6.07) is 9.18. The Morgan fingerprint density at radius 2 is 1.88 bits per heavy atom. The molecule has 7 heteroatoms. The molecule has 130 valence electrons. The van der Waals surface area contributed by atoms with Crippen LogP contribution >= 0.6 is 11.6 Å². The fourth-order valence-corrected chi connectivity index (χ4v) is 2.82. The zero-order valence-corrected chi connectivity index (χ0v) is 14.4. The minimum Gasteiger partial charge on any atom is -0.367 e. The number of pyridine rings is 1. The van der Waals surface area contributed by atoms with Crippen molar-refractivity contribution in [3.63, 3.8) is 0 Å². The molecule has 2 aromatic rings. The lowest BCUT2D eigenvalue weighted by atomic mass is 10.2. The van der Waals surface area contributed by atoms with Crippen LogP contribution in [0.4, 0.5) is 5.69 Å². The first-order valence-corrected chi connectivity index (χ1v) is 8.45. The SMILES string of the molecule is O=CN1CCN(c2cncc(C(=O)NCc3ccc(Cl)cc3)c2)CC1. The van der Waals surface area contributed by atoms with Crippen molar-refractivity contribution in [2.75, 3.05) is 31.1 Å². The van der Waals surface area contributed by atoms with Gasteiger partial charge in [0.25, 0.3) is 5.91 Å². The number of hydrogen-bond donors (Lipinski definition) is 1. The fourth-order valence-electron chi connectivity index (χ4n) is 2.70. The summed E-state index contributed by atoms with van der Waals surface area (Å²) < 4.78 is 0. The van der Waals surface area contributed by atoms with E-state index in [1.165, 1.54) is 0 Å². The molecule has 0 aliphatic carbocycles. The molecule has 1 aliphatic rings. The van der Waals surface area contributed by atoms with E-state index in [-0.39, 0.29) is 5.91 Å². The molecule has 0 unspecified atom stereocenters. The highest BCUT2D eigenvalue weighted by molar-refractivity contribution is 6.30. The predicted molar refractivity (Wildman–Crippen MR) is 96.7 cm³/mol. The van der Waals surface area contributed by atoms with Crippen LogP contribution in [0.3, 0.4) is 0 Å². The number of hydrogen-bond acceptors (Lipinski definition) is 4. The molecule has 1 saturated heterocycles. The third-order valence-electron chi connectivity index (χ3n) is 4.18. The molecule has 1 aromatic heterocycles. The van der Waals surface area contributed by atoms with Crippen molar-refractivity contribution in [1.29, 1.82) is 0 Å². The maximum Gasteiger partial charge on any atom is 0.253 e. The molecule has 0 saturated carbocycles. The number of halogens is 1. The highest BCUT2D eigenvalue weighted by Gasteiger charge is 2.17. The highest BCUT2D eigenvalue weighted by Crippen LogP contribution is 2.17. The van der Waals surface area contributed by atoms with Gasteiger partial charge in [0.1, 0.15) is 0 Å². The van der Waals surface area contributed by atoms with Crippen LogP contribution in [0.15, 0.2) is 42.7 Å². The van der Waals surface area contributed by atoms with Gasteiger partial charge in [0.2, 0.25) is 6.41 Å². The molecular weight excluding hydrogens is 340 g/mol. The Morgan fingerprint density at radius 3 is 2.56 bits per heavy atom. The summed E-state index contributed by atoms with van der Waals surface area (Å²) in [5.41, 5.74) is 2.39. The smallest absolute Gasteiger partial charge is 0.253 e. The maximum atomic E-state index is 12.4. The van der Waals surface area contributed by atoms with Crippen molar-refractivity contribution in [3.05, 3.63) is 58.9 Å². The molecule has 2 amide bonds. The van der Waals surface area contributed by atoms with Crippen LogP contribution in [-0.4, -0.2) is 48.4 Å². The van der Waals surface area contributed by atoms with Gasteiger partial charge in [-0.15, -0.1) is 0 Å². The van der Waals surface area contributed by atoms with E-state index in [0.29, 0.717) is 30.2 Å². The van der Waals surface area contributed by atoms with E-state index in [4.69, 9.17) is 11.6 Å². The average molecular weight is 359 g/mol. The summed E-state index contributed by atoms with van der Waals surface area (Å²) in [6.07, 6.45) is 4.17. The number of carbonyl (C=O) groups is 2. The van der Waals surface area contributed by atoms with Gasteiger partial charge in [-0.25, -0.2) is 0 Å². The molecule has 1 N–H and O–H groups in total. The molecule has 6 nitrogen and oxygen atoms in total. The van der Waals surface area contributed by atoms with Crippen LogP contribution in [0.1, 0.15) is 15.9 Å². The summed E-state index contributed by atoms with van der Waals surface area (Å²) in [5, 5.41) is 3.55. The summed E-state index contributed by atoms with van der Waals surface area (Å²) in [7, 11) is 0. The van der Waals surface area contributed by atoms with Crippen molar-refractivity contribution < 1.29 is 9.59 Å². The molecule has 1 aliphatic heterocycles. The van der Waals surface area contributed by atoms with Gasteiger partial charge in [0.05, 0.1) is 17.4 Å². The third-order valence-corrected chi connectivity index (χ3v) is 4.43. The number of rotatable bonds is 5. The molecule has 1 aromatic carbocycles. The Bertz CT molecular complexity index is 743. The Morgan fingerprint density at radius 1 is 1.16 bits per heavy atom. The van der Waals surface area contributed by atoms with E-state index in [1.807, 2.05) is 18.2 Å². The lowest BCUT2D eigenvalue weighted by Gasteiger charge is -2.34. The molecule has 0 radical (unpaired) electrons. The number of nitrogens with zero attached hydrogens (tertiary/aromatic N) is 3. The predicted octanol–water partition coefficient (Wildman–Crippen LogP) is 1.94. The Labute approximate surface area is 151 Å². The zero-order valence-electron chi connectivity index (χ0n) is 13.7. The lowest BCUT2D eigenvalue weighted by molar-refractivity contribution is -0.118. The number of amides is 2. The van der Waals surface area contributed by atoms with Crippen molar-refractivity contribution >= 4 is 29.6 Å². The van der Waals surface area contributed by atoms with E-state index >= 15 is 0 Å². The van der Waals surface area contributed by atoms with Gasteiger partial charge in [0, 0.05) is 43.9 Å². The van der Waals surface area contributed by atoms with Gasteiger partial charge >= 0.3 is 0 Å². The minimum atomic E-state index is -0.171. The second-order valence-electron chi connectivity index (χ2n) is 5.87. The number of carbonyl (C=O) groups excluding carboxylic acids is 2.